The molecule has 12 nitrogen and oxygen atoms in total. The molecule has 2 amide bonds. The predicted molar refractivity (Wildman–Crippen MR) is 150 cm³/mol. The molecule has 0 saturated carbocycles. The minimum Gasteiger partial charge on any atom is -0.399 e. The number of rotatable bonds is 9. The molecule has 5 rings (SSSR count). The van der Waals surface area contributed by atoms with Crippen molar-refractivity contribution in [2.24, 2.45) is 0 Å². The van der Waals surface area contributed by atoms with Crippen LogP contribution in [0.2, 0.25) is 0 Å². The fourth-order valence-corrected chi connectivity index (χ4v) is 5.25. The number of nitrogens with one attached hydrogen (secondary N) is 2. The summed E-state index contributed by atoms with van der Waals surface area (Å²) in [5, 5.41) is 26.7. The molecular formula is C26H30N8O4S. The van der Waals surface area contributed by atoms with Crippen molar-refractivity contribution in [2.45, 2.75) is 31.1 Å². The van der Waals surface area contributed by atoms with E-state index in [-0.39, 0.29) is 11.8 Å². The number of amides is 2. The second-order valence-corrected chi connectivity index (χ2v) is 10.3. The number of carbonyl (C=O) groups excluding carboxylic acids is 1. The molecule has 2 aromatic heterocycles. The maximum Gasteiger partial charge on any atom is 0.315 e. The molecular weight excluding hydrogens is 520 g/mol. The molecule has 3 heterocycles. The van der Waals surface area contributed by atoms with Gasteiger partial charge in [-0.1, -0.05) is 36.4 Å². The number of hydrogen-bond acceptors (Lipinski definition) is 10. The number of carbonyl (C=O) groups is 1. The topological polar surface area (TPSA) is 186 Å². The van der Waals surface area contributed by atoms with E-state index >= 15 is 0 Å². The van der Waals surface area contributed by atoms with Crippen LogP contribution in [0.4, 0.5) is 16.3 Å². The summed E-state index contributed by atoms with van der Waals surface area (Å²) in [5.41, 5.74) is 16.3. The minimum absolute atomic E-state index is 0.225. The molecule has 2 aromatic carbocycles. The van der Waals surface area contributed by atoms with Gasteiger partial charge in [0.2, 0.25) is 0 Å². The van der Waals surface area contributed by atoms with E-state index in [9.17, 15) is 15.0 Å². The second-order valence-electron chi connectivity index (χ2n) is 9.13. The van der Waals surface area contributed by atoms with Crippen molar-refractivity contribution < 1.29 is 19.7 Å². The summed E-state index contributed by atoms with van der Waals surface area (Å²) in [6.07, 6.45) is -0.924. The number of nitrogens with zero attached hydrogens (tertiary/aromatic N) is 4. The van der Waals surface area contributed by atoms with Crippen LogP contribution in [0.3, 0.4) is 0 Å². The van der Waals surface area contributed by atoms with Gasteiger partial charge in [-0.15, -0.1) is 0 Å². The molecule has 0 unspecified atom stereocenters. The molecule has 13 heteroatoms. The van der Waals surface area contributed by atoms with Gasteiger partial charge in [0, 0.05) is 30.3 Å². The molecule has 1 aliphatic rings. The smallest absolute Gasteiger partial charge is 0.315 e. The number of fused-ring (bicyclic) bond motifs is 1. The van der Waals surface area contributed by atoms with Crippen LogP contribution in [0.25, 0.3) is 22.3 Å². The van der Waals surface area contributed by atoms with Gasteiger partial charge in [0.05, 0.1) is 12.4 Å². The number of imidazole rings is 1. The third-order valence-corrected chi connectivity index (χ3v) is 7.52. The first-order valence-corrected chi connectivity index (χ1v) is 13.5. The summed E-state index contributed by atoms with van der Waals surface area (Å²) >= 11 is 1.50. The summed E-state index contributed by atoms with van der Waals surface area (Å²) in [6, 6.07) is 15.4. The Morgan fingerprint density at radius 2 is 1.69 bits per heavy atom. The van der Waals surface area contributed by atoms with Crippen LogP contribution in [-0.2, 0) is 11.3 Å². The number of hydrogen-bond donors (Lipinski definition) is 6. The highest BCUT2D eigenvalue weighted by Gasteiger charge is 2.44. The Labute approximate surface area is 228 Å². The number of aromatic nitrogens is 4. The Balaban J connectivity index is 1.02. The number of anilines is 2. The Hall–Kier alpha value is -3.91. The summed E-state index contributed by atoms with van der Waals surface area (Å²) in [4.78, 5) is 24.5. The number of benzene rings is 2. The van der Waals surface area contributed by atoms with E-state index in [1.807, 2.05) is 48.5 Å². The molecule has 1 aliphatic heterocycles. The zero-order valence-corrected chi connectivity index (χ0v) is 21.8. The zero-order chi connectivity index (χ0) is 27.4. The van der Waals surface area contributed by atoms with Gasteiger partial charge >= 0.3 is 6.03 Å². The third kappa shape index (κ3) is 6.06. The number of urea groups is 1. The lowest BCUT2D eigenvalue weighted by atomic mass is 10.0. The van der Waals surface area contributed by atoms with Crippen LogP contribution >= 0.6 is 11.8 Å². The van der Waals surface area contributed by atoms with Gasteiger partial charge in [-0.05, 0) is 28.8 Å². The van der Waals surface area contributed by atoms with Crippen LogP contribution in [0.1, 0.15) is 11.8 Å². The molecule has 4 atom stereocenters. The molecule has 4 aromatic rings. The first-order chi connectivity index (χ1) is 18.9. The normalized spacial score (nSPS) is 20.8. The summed E-state index contributed by atoms with van der Waals surface area (Å²) in [5.74, 6) is 1.26. The zero-order valence-electron chi connectivity index (χ0n) is 21.0. The average Bonchev–Trinajstić information content (AvgIpc) is 3.50. The predicted octanol–water partition coefficient (Wildman–Crippen LogP) is 1.51. The molecule has 1 fully saturated rings. The Bertz CT molecular complexity index is 1420. The molecule has 0 bridgehead atoms. The lowest BCUT2D eigenvalue weighted by Gasteiger charge is -2.16. The highest BCUT2D eigenvalue weighted by Crippen LogP contribution is 2.33. The fraction of sp³-hybridized carbons (Fsp3) is 0.308. The molecule has 0 spiro atoms. The molecule has 39 heavy (non-hydrogen) atoms. The maximum atomic E-state index is 12.2. The number of thioether (sulfide) groups is 1. The quantitative estimate of drug-likeness (QED) is 0.132. The van der Waals surface area contributed by atoms with E-state index in [2.05, 4.69) is 25.6 Å². The lowest BCUT2D eigenvalue weighted by molar-refractivity contribution is -0.0289. The summed E-state index contributed by atoms with van der Waals surface area (Å²) in [6.45, 7) is 0.839. The van der Waals surface area contributed by atoms with E-state index in [4.69, 9.17) is 16.2 Å². The number of nitrogen functional groups attached to an aromatic ring is 2. The highest BCUT2D eigenvalue weighted by molar-refractivity contribution is 7.99. The molecule has 1 saturated heterocycles. The van der Waals surface area contributed by atoms with Gasteiger partial charge in [0.25, 0.3) is 0 Å². The fourth-order valence-electron chi connectivity index (χ4n) is 4.32. The summed E-state index contributed by atoms with van der Waals surface area (Å²) in [7, 11) is 0. The SMILES string of the molecule is Nc1ccc(-c2ccc(CNC(=O)NCCSC[C@H]3O[C@@H](n4cnc5c(N)ncnc54)[C@H](O)[C@@H]3O)cc2)cc1. The Morgan fingerprint density at radius 1 is 0.974 bits per heavy atom. The molecule has 0 aliphatic carbocycles. The Morgan fingerprint density at radius 3 is 2.44 bits per heavy atom. The van der Waals surface area contributed by atoms with Crippen molar-refractivity contribution in [1.29, 1.82) is 0 Å². The minimum atomic E-state index is -1.16. The van der Waals surface area contributed by atoms with Gasteiger partial charge in [-0.25, -0.2) is 19.7 Å². The maximum absolute atomic E-state index is 12.2. The number of ether oxygens (including phenoxy) is 1. The van der Waals surface area contributed by atoms with Gasteiger partial charge in [-0.3, -0.25) is 4.57 Å². The van der Waals surface area contributed by atoms with Crippen LogP contribution in [0, 0.1) is 0 Å². The largest absolute Gasteiger partial charge is 0.399 e. The van der Waals surface area contributed by atoms with E-state index in [1.54, 1.807) is 4.57 Å². The van der Waals surface area contributed by atoms with E-state index in [1.165, 1.54) is 24.4 Å². The van der Waals surface area contributed by atoms with Crippen LogP contribution < -0.4 is 22.1 Å². The third-order valence-electron chi connectivity index (χ3n) is 6.46. The van der Waals surface area contributed by atoms with Crippen molar-refractivity contribution in [2.75, 3.05) is 29.5 Å². The molecule has 8 N–H and O–H groups in total. The van der Waals surface area contributed by atoms with Crippen molar-refractivity contribution in [1.82, 2.24) is 30.2 Å². The van der Waals surface area contributed by atoms with Crippen molar-refractivity contribution in [3.8, 4) is 11.1 Å². The number of aliphatic hydroxyl groups is 2. The summed E-state index contributed by atoms with van der Waals surface area (Å²) < 4.78 is 7.48. The van der Waals surface area contributed by atoms with E-state index in [0.717, 1.165) is 22.4 Å². The first kappa shape index (κ1) is 26.7. The van der Waals surface area contributed by atoms with Crippen LogP contribution in [0.5, 0.6) is 0 Å². The Kier molecular flexibility index (Phi) is 8.12. The van der Waals surface area contributed by atoms with Crippen molar-refractivity contribution in [3.63, 3.8) is 0 Å². The van der Waals surface area contributed by atoms with Crippen molar-refractivity contribution in [3.05, 3.63) is 66.7 Å². The average molecular weight is 551 g/mol. The van der Waals surface area contributed by atoms with Gasteiger partial charge in [0.15, 0.2) is 17.7 Å². The highest BCUT2D eigenvalue weighted by atomic mass is 32.2. The van der Waals surface area contributed by atoms with Crippen LogP contribution in [-0.4, -0.2) is 72.1 Å². The number of aliphatic hydroxyl groups excluding tert-OH is 2. The lowest BCUT2D eigenvalue weighted by Crippen LogP contribution is -2.36. The standard InChI is InChI=1S/C26H30N8O4S/c27-18-7-5-17(6-8-18)16-3-1-15(2-4-16)11-30-26(37)29-9-10-39-12-19-21(35)22(36)25(38-19)34-14-33-20-23(28)31-13-32-24(20)34/h1-8,13-14,19,21-22,25,35-36H,9-12,27H2,(H2,28,31,32)(H2,29,30,37)/t19-,21-,22-,25-/m1/s1. The van der Waals surface area contributed by atoms with Crippen LogP contribution in [0.15, 0.2) is 61.2 Å². The van der Waals surface area contributed by atoms with E-state index < -0.39 is 24.5 Å². The van der Waals surface area contributed by atoms with Gasteiger partial charge in [-0.2, -0.15) is 11.8 Å². The number of nitrogens with two attached hydrogens (primary N) is 2. The van der Waals surface area contributed by atoms with Gasteiger partial charge < -0.3 is 37.1 Å². The molecule has 0 radical (unpaired) electrons. The second kappa shape index (κ2) is 11.9. The van der Waals surface area contributed by atoms with E-state index in [0.29, 0.717) is 35.8 Å². The monoisotopic (exact) mass is 550 g/mol. The first-order valence-electron chi connectivity index (χ1n) is 12.4. The van der Waals surface area contributed by atoms with Gasteiger partial charge in [0.1, 0.15) is 24.1 Å². The molecule has 204 valence electrons. The van der Waals surface area contributed by atoms with Crippen molar-refractivity contribution >= 4 is 40.5 Å².